The molecule has 2 rings (SSSR count). The topological polar surface area (TPSA) is 80.0 Å². The van der Waals surface area contributed by atoms with Gasteiger partial charge in [0, 0.05) is 12.1 Å². The Labute approximate surface area is 156 Å². The molecule has 6 nitrogen and oxygen atoms in total. The Morgan fingerprint density at radius 2 is 1.96 bits per heavy atom. The predicted octanol–water partition coefficient (Wildman–Crippen LogP) is 2.38. The summed E-state index contributed by atoms with van der Waals surface area (Å²) in [6, 6.07) is 7.47. The zero-order chi connectivity index (χ0) is 19.9. The van der Waals surface area contributed by atoms with Crippen molar-refractivity contribution in [1.29, 1.82) is 0 Å². The van der Waals surface area contributed by atoms with Gasteiger partial charge in [-0.1, -0.05) is 35.8 Å². The highest BCUT2D eigenvalue weighted by molar-refractivity contribution is 5.98. The molecule has 9 heteroatoms. The number of amides is 1. The molecule has 1 unspecified atom stereocenters. The highest BCUT2D eigenvalue weighted by atomic mass is 19.4. The summed E-state index contributed by atoms with van der Waals surface area (Å²) >= 11 is 0. The molecule has 1 aromatic carbocycles. The summed E-state index contributed by atoms with van der Waals surface area (Å²) in [6.07, 6.45) is -2.10. The van der Waals surface area contributed by atoms with Crippen LogP contribution in [0.25, 0.3) is 0 Å². The molecule has 1 aliphatic rings. The maximum atomic E-state index is 12.1. The summed E-state index contributed by atoms with van der Waals surface area (Å²) in [5.41, 5.74) is 7.66. The number of hydrogen-bond acceptors (Lipinski definition) is 4. The molecule has 0 spiro atoms. The fourth-order valence-corrected chi connectivity index (χ4v) is 2.83. The van der Waals surface area contributed by atoms with E-state index in [1.54, 1.807) is 11.4 Å². The molecule has 3 N–H and O–H groups in total. The van der Waals surface area contributed by atoms with Crippen molar-refractivity contribution in [2.24, 2.45) is 10.9 Å². The second-order valence-corrected chi connectivity index (χ2v) is 6.55. The fourth-order valence-electron chi connectivity index (χ4n) is 2.83. The number of oxime groups is 1. The second-order valence-electron chi connectivity index (χ2n) is 6.55. The maximum absolute atomic E-state index is 12.1. The van der Waals surface area contributed by atoms with E-state index in [0.29, 0.717) is 5.56 Å². The van der Waals surface area contributed by atoms with Gasteiger partial charge in [-0.15, -0.1) is 0 Å². The summed E-state index contributed by atoms with van der Waals surface area (Å²) in [4.78, 5) is 19.0. The minimum atomic E-state index is -4.48. The number of carbonyl (C=O) groups excluding carboxylic acids is 1. The monoisotopic (exact) mass is 386 g/mol. The molecule has 1 amide bonds. The first-order chi connectivity index (χ1) is 12.8. The van der Waals surface area contributed by atoms with Gasteiger partial charge in [0.05, 0.1) is 0 Å². The molecule has 0 aromatic heterocycles. The van der Waals surface area contributed by atoms with Crippen molar-refractivity contribution < 1.29 is 22.8 Å². The van der Waals surface area contributed by atoms with Crippen molar-refractivity contribution in [3.63, 3.8) is 0 Å². The number of nitrogens with zero attached hydrogens (tertiary/aromatic N) is 2. The lowest BCUT2D eigenvalue weighted by Crippen LogP contribution is -2.39. The first kappa shape index (κ1) is 21.0. The summed E-state index contributed by atoms with van der Waals surface area (Å²) in [7, 11) is 0. The number of halogens is 3. The Kier molecular flexibility index (Phi) is 7.46. The van der Waals surface area contributed by atoms with E-state index in [-0.39, 0.29) is 5.84 Å². The molecule has 150 valence electrons. The standard InChI is InChI=1S/C18H25F3N4O2/c1-13(17(26)23-12-18(19,20)21)27-24-16(22)15-8-4-3-7-14(15)11-25-9-5-2-6-10-25/h3-4,7-8,13H,2,5-6,9-12H2,1H3,(H2,22,24)(H,23,26). The Balaban J connectivity index is 1.97. The molecule has 1 aromatic rings. The summed E-state index contributed by atoms with van der Waals surface area (Å²) in [5.74, 6) is -0.830. The van der Waals surface area contributed by atoms with Crippen LogP contribution >= 0.6 is 0 Å². The van der Waals surface area contributed by atoms with Crippen molar-refractivity contribution in [1.82, 2.24) is 10.2 Å². The highest BCUT2D eigenvalue weighted by Crippen LogP contribution is 2.16. The zero-order valence-electron chi connectivity index (χ0n) is 15.3. The van der Waals surface area contributed by atoms with Crippen LogP contribution in [0, 0.1) is 0 Å². The molecule has 0 radical (unpaired) electrons. The Hall–Kier alpha value is -2.29. The van der Waals surface area contributed by atoms with Crippen LogP contribution in [-0.4, -0.2) is 48.6 Å². The van der Waals surface area contributed by atoms with E-state index in [2.05, 4.69) is 10.1 Å². The maximum Gasteiger partial charge on any atom is 0.405 e. The number of rotatable bonds is 7. The SMILES string of the molecule is CC(O/N=C(/N)c1ccccc1CN1CCCCC1)C(=O)NCC(F)(F)F. The fraction of sp³-hybridized carbons (Fsp3) is 0.556. The normalized spacial score (nSPS) is 17.4. The molecular weight excluding hydrogens is 361 g/mol. The molecule has 1 aliphatic heterocycles. The Bertz CT molecular complexity index is 658. The number of benzene rings is 1. The minimum Gasteiger partial charge on any atom is -0.381 e. The number of likely N-dealkylation sites (tertiary alicyclic amines) is 1. The van der Waals surface area contributed by atoms with Crippen LogP contribution in [-0.2, 0) is 16.2 Å². The van der Waals surface area contributed by atoms with Gasteiger partial charge in [-0.3, -0.25) is 9.69 Å². The third kappa shape index (κ3) is 7.09. The van der Waals surface area contributed by atoms with E-state index in [9.17, 15) is 18.0 Å². The third-order valence-electron chi connectivity index (χ3n) is 4.28. The van der Waals surface area contributed by atoms with E-state index >= 15 is 0 Å². The van der Waals surface area contributed by atoms with E-state index in [4.69, 9.17) is 10.6 Å². The van der Waals surface area contributed by atoms with Gasteiger partial charge in [0.1, 0.15) is 6.54 Å². The number of carbonyl (C=O) groups is 1. The summed E-state index contributed by atoms with van der Waals surface area (Å²) in [5, 5.41) is 5.49. The van der Waals surface area contributed by atoms with Gasteiger partial charge < -0.3 is 15.9 Å². The Morgan fingerprint density at radius 1 is 1.30 bits per heavy atom. The third-order valence-corrected chi connectivity index (χ3v) is 4.28. The molecule has 27 heavy (non-hydrogen) atoms. The van der Waals surface area contributed by atoms with Gasteiger partial charge in [0.2, 0.25) is 6.10 Å². The van der Waals surface area contributed by atoms with Crippen molar-refractivity contribution in [3.05, 3.63) is 35.4 Å². The summed E-state index contributed by atoms with van der Waals surface area (Å²) in [6.45, 7) is 2.67. The molecule has 1 fully saturated rings. The van der Waals surface area contributed by atoms with E-state index in [1.165, 1.54) is 26.2 Å². The number of hydrogen-bond donors (Lipinski definition) is 2. The number of amidine groups is 1. The van der Waals surface area contributed by atoms with Gasteiger partial charge in [0.25, 0.3) is 5.91 Å². The largest absolute Gasteiger partial charge is 0.405 e. The highest BCUT2D eigenvalue weighted by Gasteiger charge is 2.29. The van der Waals surface area contributed by atoms with Crippen LogP contribution < -0.4 is 11.1 Å². The lowest BCUT2D eigenvalue weighted by Gasteiger charge is -2.27. The molecule has 0 saturated carbocycles. The van der Waals surface area contributed by atoms with Crippen LogP contribution in [0.1, 0.15) is 37.3 Å². The first-order valence-electron chi connectivity index (χ1n) is 8.90. The van der Waals surface area contributed by atoms with Gasteiger partial charge in [-0.25, -0.2) is 0 Å². The number of piperidine rings is 1. The average Bonchev–Trinajstić information content (AvgIpc) is 2.64. The van der Waals surface area contributed by atoms with Gasteiger partial charge in [-0.05, 0) is 38.4 Å². The molecular formula is C18H25F3N4O2. The van der Waals surface area contributed by atoms with Gasteiger partial charge in [-0.2, -0.15) is 13.2 Å². The second kappa shape index (κ2) is 9.59. The minimum absolute atomic E-state index is 0.0816. The molecule has 1 saturated heterocycles. The Morgan fingerprint density at radius 3 is 2.63 bits per heavy atom. The number of alkyl halides is 3. The van der Waals surface area contributed by atoms with Crippen LogP contribution in [0.15, 0.2) is 29.4 Å². The molecule has 1 atom stereocenters. The average molecular weight is 386 g/mol. The lowest BCUT2D eigenvalue weighted by molar-refractivity contribution is -0.145. The van der Waals surface area contributed by atoms with Gasteiger partial charge >= 0.3 is 6.18 Å². The van der Waals surface area contributed by atoms with Crippen LogP contribution in [0.4, 0.5) is 13.2 Å². The number of nitrogens with two attached hydrogens (primary N) is 1. The van der Waals surface area contributed by atoms with Crippen molar-refractivity contribution >= 4 is 11.7 Å². The molecule has 0 bridgehead atoms. The zero-order valence-corrected chi connectivity index (χ0v) is 15.3. The van der Waals surface area contributed by atoms with Crippen molar-refractivity contribution in [2.75, 3.05) is 19.6 Å². The smallest absolute Gasteiger partial charge is 0.381 e. The summed E-state index contributed by atoms with van der Waals surface area (Å²) < 4.78 is 36.4. The van der Waals surface area contributed by atoms with E-state index in [1.807, 2.05) is 18.2 Å². The predicted molar refractivity (Wildman–Crippen MR) is 95.9 cm³/mol. The van der Waals surface area contributed by atoms with Crippen LogP contribution in [0.3, 0.4) is 0 Å². The number of nitrogens with one attached hydrogen (secondary N) is 1. The molecule has 1 heterocycles. The quantitative estimate of drug-likeness (QED) is 0.428. The van der Waals surface area contributed by atoms with Crippen LogP contribution in [0.2, 0.25) is 0 Å². The lowest BCUT2D eigenvalue weighted by atomic mass is 10.0. The molecule has 0 aliphatic carbocycles. The van der Waals surface area contributed by atoms with Gasteiger partial charge in [0.15, 0.2) is 5.84 Å². The van der Waals surface area contributed by atoms with Crippen molar-refractivity contribution in [2.45, 2.75) is 45.0 Å². The first-order valence-corrected chi connectivity index (χ1v) is 8.90. The van der Waals surface area contributed by atoms with E-state index in [0.717, 1.165) is 25.2 Å². The van der Waals surface area contributed by atoms with Crippen molar-refractivity contribution in [3.8, 4) is 0 Å². The van der Waals surface area contributed by atoms with Crippen LogP contribution in [0.5, 0.6) is 0 Å². The van der Waals surface area contributed by atoms with E-state index < -0.39 is 24.7 Å².